The molecule has 0 saturated carbocycles. The topological polar surface area (TPSA) is 49.8 Å². The van der Waals surface area contributed by atoms with Gasteiger partial charge in [0, 0.05) is 5.69 Å². The van der Waals surface area contributed by atoms with Gasteiger partial charge >= 0.3 is 0 Å². The van der Waals surface area contributed by atoms with Gasteiger partial charge in [-0.25, -0.2) is 4.39 Å². The van der Waals surface area contributed by atoms with Crippen LogP contribution in [-0.2, 0) is 0 Å². The van der Waals surface area contributed by atoms with Gasteiger partial charge in [-0.3, -0.25) is 0 Å². The lowest BCUT2D eigenvalue weighted by Crippen LogP contribution is -1.88. The van der Waals surface area contributed by atoms with E-state index < -0.39 is 5.82 Å². The minimum Gasteiger partial charge on any atom is -0.399 e. The van der Waals surface area contributed by atoms with E-state index in [-0.39, 0.29) is 13.0 Å². The number of nitriles is 1. The first kappa shape index (κ1) is 9.44. The molecule has 0 unspecified atom stereocenters. The van der Waals surface area contributed by atoms with Gasteiger partial charge in [0.2, 0.25) is 0 Å². The van der Waals surface area contributed by atoms with Gasteiger partial charge in [0.05, 0.1) is 5.56 Å². The third-order valence-electron chi connectivity index (χ3n) is 1.11. The molecule has 0 amide bonds. The van der Waals surface area contributed by atoms with Crippen molar-refractivity contribution in [1.29, 1.82) is 5.26 Å². The molecule has 2 N–H and O–H groups in total. The Hall–Kier alpha value is -1.56. The van der Waals surface area contributed by atoms with E-state index in [1.807, 2.05) is 0 Å². The summed E-state index contributed by atoms with van der Waals surface area (Å²) in [5, 5.41) is 8.28. The van der Waals surface area contributed by atoms with Gasteiger partial charge < -0.3 is 5.73 Å². The van der Waals surface area contributed by atoms with E-state index in [4.69, 9.17) is 11.0 Å². The number of hydrogen-bond acceptors (Lipinski definition) is 2. The fraction of sp³-hybridized carbons (Fsp3) is 0.125. The maximum atomic E-state index is 12.5. The predicted octanol–water partition coefficient (Wildman–Crippen LogP) is 1.92. The second kappa shape index (κ2) is 3.57. The molecule has 1 rings (SSSR count). The van der Waals surface area contributed by atoms with Crippen LogP contribution in [0.5, 0.6) is 0 Å². The van der Waals surface area contributed by atoms with Crippen molar-refractivity contribution in [2.75, 3.05) is 5.73 Å². The quantitative estimate of drug-likeness (QED) is 0.577. The summed E-state index contributed by atoms with van der Waals surface area (Å²) in [6, 6.07) is 5.66. The molecule has 0 aliphatic rings. The largest absolute Gasteiger partial charge is 0.399 e. The van der Waals surface area contributed by atoms with E-state index in [2.05, 4.69) is 0 Å². The van der Waals surface area contributed by atoms with Crippen molar-refractivity contribution in [2.24, 2.45) is 0 Å². The number of nitrogen functional groups attached to an aromatic ring is 1. The molecular weight excluding hydrogens is 143 g/mol. The minimum absolute atomic E-state index is 0. The highest BCUT2D eigenvalue weighted by Crippen LogP contribution is 2.09. The Morgan fingerprint density at radius 2 is 2.09 bits per heavy atom. The smallest absolute Gasteiger partial charge is 0.142 e. The monoisotopic (exact) mass is 152 g/mol. The molecule has 0 aromatic heterocycles. The lowest BCUT2D eigenvalue weighted by Gasteiger charge is -1.93. The summed E-state index contributed by atoms with van der Waals surface area (Å²) in [4.78, 5) is 0. The molecule has 0 radical (unpaired) electrons. The summed E-state index contributed by atoms with van der Waals surface area (Å²) in [7, 11) is 0. The van der Waals surface area contributed by atoms with Gasteiger partial charge in [0.1, 0.15) is 11.9 Å². The molecule has 1 aromatic carbocycles. The van der Waals surface area contributed by atoms with Gasteiger partial charge in [-0.1, -0.05) is 7.43 Å². The van der Waals surface area contributed by atoms with Crippen LogP contribution in [0.25, 0.3) is 0 Å². The van der Waals surface area contributed by atoms with Crippen LogP contribution in [0.4, 0.5) is 10.1 Å². The van der Waals surface area contributed by atoms with E-state index >= 15 is 0 Å². The lowest BCUT2D eigenvalue weighted by atomic mass is 10.2. The highest BCUT2D eigenvalue weighted by Gasteiger charge is 1.98. The summed E-state index contributed by atoms with van der Waals surface area (Å²) in [6.07, 6.45) is 0. The van der Waals surface area contributed by atoms with E-state index in [1.165, 1.54) is 12.1 Å². The van der Waals surface area contributed by atoms with Crippen molar-refractivity contribution in [2.45, 2.75) is 7.43 Å². The van der Waals surface area contributed by atoms with E-state index in [0.717, 1.165) is 6.07 Å². The van der Waals surface area contributed by atoms with Crippen LogP contribution in [0.3, 0.4) is 0 Å². The van der Waals surface area contributed by atoms with Crippen LogP contribution in [0.15, 0.2) is 18.2 Å². The SMILES string of the molecule is C.N#Cc1ccc(N)cc1F. The van der Waals surface area contributed by atoms with Gasteiger partial charge in [-0.05, 0) is 18.2 Å². The number of nitrogens with zero attached hydrogens (tertiary/aromatic N) is 1. The van der Waals surface area contributed by atoms with Crippen LogP contribution >= 0.6 is 0 Å². The maximum Gasteiger partial charge on any atom is 0.142 e. The van der Waals surface area contributed by atoms with Crippen molar-refractivity contribution in [3.63, 3.8) is 0 Å². The van der Waals surface area contributed by atoms with Gasteiger partial charge in [0.25, 0.3) is 0 Å². The maximum absolute atomic E-state index is 12.5. The van der Waals surface area contributed by atoms with Gasteiger partial charge in [-0.15, -0.1) is 0 Å². The predicted molar refractivity (Wildman–Crippen MR) is 42.3 cm³/mol. The van der Waals surface area contributed by atoms with E-state index in [9.17, 15) is 4.39 Å². The van der Waals surface area contributed by atoms with Crippen molar-refractivity contribution >= 4 is 5.69 Å². The number of nitrogens with two attached hydrogens (primary N) is 1. The van der Waals surface area contributed by atoms with Crippen molar-refractivity contribution in [1.82, 2.24) is 0 Å². The molecule has 0 heterocycles. The van der Waals surface area contributed by atoms with Crippen LogP contribution in [0.2, 0.25) is 0 Å². The summed E-state index contributed by atoms with van der Waals surface area (Å²) >= 11 is 0. The second-order valence-corrected chi connectivity index (χ2v) is 1.85. The molecule has 0 spiro atoms. The highest BCUT2D eigenvalue weighted by atomic mass is 19.1. The summed E-state index contributed by atoms with van der Waals surface area (Å²) in [5.74, 6) is -0.567. The normalized spacial score (nSPS) is 8.00. The lowest BCUT2D eigenvalue weighted by molar-refractivity contribution is 0.624. The Labute approximate surface area is 65.1 Å². The number of rotatable bonds is 0. The fourth-order valence-corrected chi connectivity index (χ4v) is 0.622. The third kappa shape index (κ3) is 1.94. The van der Waals surface area contributed by atoms with Crippen LogP contribution < -0.4 is 5.73 Å². The molecule has 3 heteroatoms. The molecule has 0 aliphatic carbocycles. The average molecular weight is 152 g/mol. The number of benzene rings is 1. The van der Waals surface area contributed by atoms with Crippen molar-refractivity contribution in [3.05, 3.63) is 29.6 Å². The molecule has 1 aromatic rings. The zero-order chi connectivity index (χ0) is 7.56. The number of hydrogen-bond donors (Lipinski definition) is 1. The molecule has 0 atom stereocenters. The zero-order valence-electron chi connectivity index (χ0n) is 5.13. The molecule has 0 bridgehead atoms. The Bertz CT molecular complexity index is 289. The number of halogens is 1. The first-order valence-electron chi connectivity index (χ1n) is 2.69. The van der Waals surface area contributed by atoms with Crippen LogP contribution in [0, 0.1) is 17.1 Å². The molecular formula is C8H9FN2. The number of anilines is 1. The average Bonchev–Trinajstić information content (AvgIpc) is 1.88. The summed E-state index contributed by atoms with van der Waals surface area (Å²) in [5.41, 5.74) is 5.59. The standard InChI is InChI=1S/C7H5FN2.CH4/c8-7-3-6(10)2-1-5(7)4-9;/h1-3H,10H2;1H4. The first-order valence-corrected chi connectivity index (χ1v) is 2.69. The molecule has 11 heavy (non-hydrogen) atoms. The Morgan fingerprint density at radius 3 is 2.55 bits per heavy atom. The van der Waals surface area contributed by atoms with Crippen LogP contribution in [0.1, 0.15) is 13.0 Å². The van der Waals surface area contributed by atoms with Gasteiger partial charge in [-0.2, -0.15) is 5.26 Å². The van der Waals surface area contributed by atoms with E-state index in [0.29, 0.717) is 5.69 Å². The molecule has 0 saturated heterocycles. The Balaban J connectivity index is 0.000001000. The molecule has 0 fully saturated rings. The molecule has 0 aliphatic heterocycles. The van der Waals surface area contributed by atoms with Crippen molar-refractivity contribution < 1.29 is 4.39 Å². The summed E-state index contributed by atoms with van der Waals surface area (Å²) < 4.78 is 12.5. The van der Waals surface area contributed by atoms with E-state index in [1.54, 1.807) is 6.07 Å². The Kier molecular flexibility index (Phi) is 3.06. The van der Waals surface area contributed by atoms with Gasteiger partial charge in [0.15, 0.2) is 0 Å². The first-order chi connectivity index (χ1) is 4.74. The van der Waals surface area contributed by atoms with Crippen molar-refractivity contribution in [3.8, 4) is 6.07 Å². The summed E-state index contributed by atoms with van der Waals surface area (Å²) in [6.45, 7) is 0. The Morgan fingerprint density at radius 1 is 1.45 bits per heavy atom. The molecule has 2 nitrogen and oxygen atoms in total. The third-order valence-corrected chi connectivity index (χ3v) is 1.11. The van der Waals surface area contributed by atoms with Crippen LogP contribution in [-0.4, -0.2) is 0 Å². The second-order valence-electron chi connectivity index (χ2n) is 1.85. The highest BCUT2D eigenvalue weighted by molar-refractivity contribution is 5.44. The fourth-order valence-electron chi connectivity index (χ4n) is 0.622. The molecule has 58 valence electrons. The zero-order valence-corrected chi connectivity index (χ0v) is 5.13. The minimum atomic E-state index is -0.567.